The van der Waals surface area contributed by atoms with Gasteiger partial charge in [-0.2, -0.15) is 26.3 Å². The van der Waals surface area contributed by atoms with Crippen molar-refractivity contribution in [2.75, 3.05) is 0 Å². The van der Waals surface area contributed by atoms with Crippen molar-refractivity contribution < 1.29 is 39.5 Å². The zero-order valence-electron chi connectivity index (χ0n) is 9.40. The van der Waals surface area contributed by atoms with E-state index in [9.17, 15) is 39.5 Å². The van der Waals surface area contributed by atoms with Crippen LogP contribution in [-0.2, 0) is 0 Å². The third kappa shape index (κ3) is 2.74. The number of rotatable bonds is 2. The molecule has 2 atom stereocenters. The summed E-state index contributed by atoms with van der Waals surface area (Å²) < 4.78 is 112. The molecule has 0 aromatic heterocycles. The fraction of sp³-hybridized carbons (Fsp3) is 0.778. The summed E-state index contributed by atoms with van der Waals surface area (Å²) in [5.41, 5.74) is -11.1. The van der Waals surface area contributed by atoms with Crippen LogP contribution in [-0.4, -0.2) is 23.7 Å². The summed E-state index contributed by atoms with van der Waals surface area (Å²) in [4.78, 5) is 0. The number of allylic oxidation sites excluding steroid dienone is 2. The van der Waals surface area contributed by atoms with Gasteiger partial charge in [-0.1, -0.05) is 0 Å². The molecule has 0 aromatic carbocycles. The number of halogens is 9. The first-order valence-corrected chi connectivity index (χ1v) is 4.45. The van der Waals surface area contributed by atoms with E-state index in [1.54, 1.807) is 0 Å². The monoisotopic (exact) mass is 288 g/mol. The van der Waals surface area contributed by atoms with Crippen molar-refractivity contribution in [1.82, 2.24) is 0 Å². The normalized spacial score (nSPS) is 22.0. The Morgan fingerprint density at radius 3 is 1.17 bits per heavy atom. The number of hydrogen-bond acceptors (Lipinski definition) is 0. The van der Waals surface area contributed by atoms with Gasteiger partial charge >= 0.3 is 12.4 Å². The van der Waals surface area contributed by atoms with E-state index in [1.807, 2.05) is 0 Å². The predicted octanol–water partition coefficient (Wildman–Crippen LogP) is 4.81. The van der Waals surface area contributed by atoms with Gasteiger partial charge in [-0.05, 0) is 20.8 Å². The second-order valence-corrected chi connectivity index (χ2v) is 3.94. The van der Waals surface area contributed by atoms with Crippen LogP contribution >= 0.6 is 0 Å². The van der Waals surface area contributed by atoms with E-state index in [2.05, 4.69) is 0 Å². The molecule has 0 aromatic rings. The van der Waals surface area contributed by atoms with Crippen LogP contribution in [0.3, 0.4) is 0 Å². The Labute approximate surface area is 96.5 Å². The molecule has 0 radical (unpaired) electrons. The van der Waals surface area contributed by atoms with Gasteiger partial charge in [0.2, 0.25) is 5.67 Å². The van der Waals surface area contributed by atoms with Crippen LogP contribution in [0.15, 0.2) is 11.4 Å². The highest BCUT2D eigenvalue weighted by molar-refractivity contribution is 5.26. The van der Waals surface area contributed by atoms with E-state index in [1.165, 1.54) is 0 Å². The molecule has 0 rings (SSSR count). The molecule has 9 heteroatoms. The van der Waals surface area contributed by atoms with Gasteiger partial charge in [0.1, 0.15) is 5.83 Å². The quantitative estimate of drug-likeness (QED) is 0.640. The predicted molar refractivity (Wildman–Crippen MR) is 44.9 cm³/mol. The lowest BCUT2D eigenvalue weighted by atomic mass is 9.92. The van der Waals surface area contributed by atoms with Gasteiger partial charge in [-0.3, -0.25) is 0 Å². The second-order valence-electron chi connectivity index (χ2n) is 3.94. The van der Waals surface area contributed by atoms with Gasteiger partial charge < -0.3 is 0 Å². The fourth-order valence-corrected chi connectivity index (χ4v) is 0.895. The molecule has 0 N–H and O–H groups in total. The molecule has 0 aliphatic heterocycles. The van der Waals surface area contributed by atoms with Crippen molar-refractivity contribution in [3.8, 4) is 0 Å². The van der Waals surface area contributed by atoms with Crippen molar-refractivity contribution in [3.05, 3.63) is 11.4 Å². The van der Waals surface area contributed by atoms with Gasteiger partial charge in [0.25, 0.3) is 5.67 Å². The maximum absolute atomic E-state index is 13.2. The summed E-state index contributed by atoms with van der Waals surface area (Å²) >= 11 is 0. The van der Waals surface area contributed by atoms with Crippen molar-refractivity contribution in [1.29, 1.82) is 0 Å². The highest BCUT2D eigenvalue weighted by Crippen LogP contribution is 2.47. The lowest BCUT2D eigenvalue weighted by Crippen LogP contribution is -2.44. The summed E-state index contributed by atoms with van der Waals surface area (Å²) in [6.07, 6.45) is -11.4. The standard InChI is InChI=1S/C9H9F9/c1-4(6(2,11)8(13,14)15)5(10)7(3,12)9(16,17)18/h1-3H3. The minimum atomic E-state index is -5.79. The van der Waals surface area contributed by atoms with Crippen molar-refractivity contribution in [2.45, 2.75) is 44.5 Å². The van der Waals surface area contributed by atoms with E-state index in [0.29, 0.717) is 0 Å². The minimum Gasteiger partial charge on any atom is -0.229 e. The molecule has 0 nitrogen and oxygen atoms in total. The van der Waals surface area contributed by atoms with Crippen molar-refractivity contribution >= 4 is 0 Å². The zero-order chi connectivity index (χ0) is 15.2. The molecule has 0 aliphatic rings. The maximum atomic E-state index is 13.2. The van der Waals surface area contributed by atoms with Crippen LogP contribution in [0.2, 0.25) is 0 Å². The highest BCUT2D eigenvalue weighted by atomic mass is 19.4. The molecule has 0 amide bonds. The minimum absolute atomic E-state index is 0.117. The Bertz CT molecular complexity index is 308. The Balaban J connectivity index is 5.81. The third-order valence-corrected chi connectivity index (χ3v) is 2.51. The highest BCUT2D eigenvalue weighted by Gasteiger charge is 2.61. The topological polar surface area (TPSA) is 0 Å². The fourth-order valence-electron chi connectivity index (χ4n) is 0.895. The lowest BCUT2D eigenvalue weighted by Gasteiger charge is -2.29. The van der Waals surface area contributed by atoms with E-state index < -0.39 is 35.1 Å². The smallest absolute Gasteiger partial charge is 0.229 e. The first-order valence-electron chi connectivity index (χ1n) is 4.45. The average molecular weight is 288 g/mol. The molecule has 108 valence electrons. The molecule has 0 saturated carbocycles. The largest absolute Gasteiger partial charge is 0.428 e. The van der Waals surface area contributed by atoms with Gasteiger partial charge in [0.05, 0.1) is 0 Å². The first kappa shape index (κ1) is 17.1. The van der Waals surface area contributed by atoms with Gasteiger partial charge in [0.15, 0.2) is 0 Å². The lowest BCUT2D eigenvalue weighted by molar-refractivity contribution is -0.222. The molecule has 0 fully saturated rings. The molecule has 0 heterocycles. The van der Waals surface area contributed by atoms with Gasteiger partial charge in [-0.25, -0.2) is 13.2 Å². The Kier molecular flexibility index (Phi) is 4.13. The van der Waals surface area contributed by atoms with E-state index in [0.717, 1.165) is 0 Å². The summed E-state index contributed by atoms with van der Waals surface area (Å²) in [5, 5.41) is 0. The average Bonchev–Trinajstić information content (AvgIpc) is 2.11. The molecule has 18 heavy (non-hydrogen) atoms. The zero-order valence-corrected chi connectivity index (χ0v) is 9.40. The van der Waals surface area contributed by atoms with Crippen LogP contribution in [0.5, 0.6) is 0 Å². The van der Waals surface area contributed by atoms with Gasteiger partial charge in [0, 0.05) is 5.57 Å². The van der Waals surface area contributed by atoms with Crippen molar-refractivity contribution in [2.24, 2.45) is 0 Å². The Morgan fingerprint density at radius 1 is 0.667 bits per heavy atom. The molecule has 0 aliphatic carbocycles. The second kappa shape index (κ2) is 4.34. The first-order chi connectivity index (χ1) is 7.57. The molecular weight excluding hydrogens is 279 g/mol. The van der Waals surface area contributed by atoms with Crippen LogP contribution in [0, 0.1) is 0 Å². The van der Waals surface area contributed by atoms with Crippen LogP contribution in [0.1, 0.15) is 20.8 Å². The van der Waals surface area contributed by atoms with E-state index in [4.69, 9.17) is 0 Å². The maximum Gasteiger partial charge on any atom is 0.428 e. The SMILES string of the molecule is CC(=C(F)C(C)(F)C(F)(F)F)C(C)(F)C(F)(F)F. The van der Waals surface area contributed by atoms with Crippen LogP contribution in [0.4, 0.5) is 39.5 Å². The van der Waals surface area contributed by atoms with Crippen LogP contribution in [0.25, 0.3) is 0 Å². The molecule has 0 spiro atoms. The van der Waals surface area contributed by atoms with Gasteiger partial charge in [-0.15, -0.1) is 0 Å². The summed E-state index contributed by atoms with van der Waals surface area (Å²) in [6.45, 7) is -0.390. The molecular formula is C9H9F9. The summed E-state index contributed by atoms with van der Waals surface area (Å²) in [5.74, 6) is -2.84. The summed E-state index contributed by atoms with van der Waals surface area (Å²) in [7, 11) is 0. The Morgan fingerprint density at radius 2 is 0.944 bits per heavy atom. The number of hydrogen-bond donors (Lipinski definition) is 0. The van der Waals surface area contributed by atoms with E-state index in [-0.39, 0.29) is 20.8 Å². The third-order valence-electron chi connectivity index (χ3n) is 2.51. The molecule has 0 saturated heterocycles. The van der Waals surface area contributed by atoms with Crippen molar-refractivity contribution in [3.63, 3.8) is 0 Å². The summed E-state index contributed by atoms with van der Waals surface area (Å²) in [6, 6.07) is 0. The van der Waals surface area contributed by atoms with E-state index >= 15 is 0 Å². The number of alkyl halides is 8. The Hall–Kier alpha value is -0.890. The van der Waals surface area contributed by atoms with Crippen LogP contribution < -0.4 is 0 Å². The molecule has 0 bridgehead atoms. The molecule has 2 unspecified atom stereocenters.